The van der Waals surface area contributed by atoms with Crippen LogP contribution in [0, 0.1) is 19.7 Å². The van der Waals surface area contributed by atoms with Gasteiger partial charge in [-0.3, -0.25) is 4.79 Å². The highest BCUT2D eigenvalue weighted by Gasteiger charge is 2.30. The second-order valence-corrected chi connectivity index (χ2v) is 7.12. The number of hydrogen-bond donors (Lipinski definition) is 1. The fourth-order valence-electron chi connectivity index (χ4n) is 3.26. The molecule has 0 atom stereocenters. The molecule has 32 heavy (non-hydrogen) atoms. The predicted octanol–water partition coefficient (Wildman–Crippen LogP) is 5.09. The summed E-state index contributed by atoms with van der Waals surface area (Å²) in [6.45, 7) is 3.33. The molecule has 1 amide bonds. The van der Waals surface area contributed by atoms with Gasteiger partial charge >= 0.3 is 6.18 Å². The fraction of sp³-hybridized carbons (Fsp3) is 0.136. The van der Waals surface area contributed by atoms with Crippen molar-refractivity contribution in [3.63, 3.8) is 0 Å². The van der Waals surface area contributed by atoms with Crippen molar-refractivity contribution >= 4 is 11.7 Å². The van der Waals surface area contributed by atoms with E-state index in [1.807, 2.05) is 0 Å². The van der Waals surface area contributed by atoms with Gasteiger partial charge in [0.2, 0.25) is 0 Å². The third-order valence-electron chi connectivity index (χ3n) is 4.82. The predicted molar refractivity (Wildman–Crippen MR) is 110 cm³/mol. The number of anilines is 1. The number of alkyl halides is 3. The zero-order valence-corrected chi connectivity index (χ0v) is 17.0. The topological polar surface area (TPSA) is 64.7 Å². The Morgan fingerprint density at radius 2 is 1.69 bits per heavy atom. The van der Waals surface area contributed by atoms with Crippen molar-refractivity contribution in [1.82, 2.24) is 19.6 Å². The molecule has 4 rings (SSSR count). The monoisotopic (exact) mass is 443 g/mol. The van der Waals surface area contributed by atoms with Gasteiger partial charge < -0.3 is 5.32 Å². The van der Waals surface area contributed by atoms with Gasteiger partial charge in [-0.2, -0.15) is 23.4 Å². The average Bonchev–Trinajstić information content (AvgIpc) is 3.30. The molecule has 0 aliphatic rings. The molecule has 0 saturated heterocycles. The highest BCUT2D eigenvalue weighted by molar-refractivity contribution is 6.04. The molecule has 0 fully saturated rings. The van der Waals surface area contributed by atoms with Crippen LogP contribution in [0.4, 0.5) is 23.4 Å². The number of hydrogen-bond acceptors (Lipinski definition) is 3. The van der Waals surface area contributed by atoms with E-state index in [1.165, 1.54) is 52.0 Å². The molecule has 2 aromatic heterocycles. The summed E-state index contributed by atoms with van der Waals surface area (Å²) in [5, 5.41) is 11.1. The van der Waals surface area contributed by atoms with E-state index in [9.17, 15) is 22.4 Å². The number of carbonyl (C=O) groups is 1. The molecular weight excluding hydrogens is 426 g/mol. The van der Waals surface area contributed by atoms with Crippen LogP contribution < -0.4 is 5.32 Å². The van der Waals surface area contributed by atoms with Gasteiger partial charge in [0.15, 0.2) is 0 Å². The standard InChI is InChI=1S/C22H17F4N5O/c1-13-10-20(31(29-13)17-8-6-16(23)7-9-17)28-21(32)19-12-27-30(14(19)2)18-5-3-4-15(11-18)22(24,25)26/h3-12H,1-2H3,(H,28,32). The van der Waals surface area contributed by atoms with Gasteiger partial charge in [0.25, 0.3) is 5.91 Å². The molecule has 2 heterocycles. The van der Waals surface area contributed by atoms with Gasteiger partial charge in [-0.05, 0) is 56.3 Å². The zero-order valence-electron chi connectivity index (χ0n) is 17.0. The number of rotatable bonds is 4. The Hall–Kier alpha value is -3.95. The van der Waals surface area contributed by atoms with E-state index in [1.54, 1.807) is 19.9 Å². The van der Waals surface area contributed by atoms with Crippen LogP contribution >= 0.6 is 0 Å². The van der Waals surface area contributed by atoms with Crippen molar-refractivity contribution in [2.75, 3.05) is 5.32 Å². The van der Waals surface area contributed by atoms with E-state index < -0.39 is 23.5 Å². The van der Waals surface area contributed by atoms with Gasteiger partial charge in [-0.1, -0.05) is 6.07 Å². The van der Waals surface area contributed by atoms with E-state index in [0.717, 1.165) is 12.1 Å². The molecule has 0 bridgehead atoms. The number of aryl methyl sites for hydroxylation is 1. The maximum atomic E-state index is 13.2. The van der Waals surface area contributed by atoms with Crippen molar-refractivity contribution in [2.45, 2.75) is 20.0 Å². The normalized spacial score (nSPS) is 11.6. The number of benzene rings is 2. The van der Waals surface area contributed by atoms with Gasteiger partial charge in [0, 0.05) is 6.07 Å². The minimum Gasteiger partial charge on any atom is -0.306 e. The Balaban J connectivity index is 1.63. The number of carbonyl (C=O) groups excluding carboxylic acids is 1. The Kier molecular flexibility index (Phi) is 5.29. The molecule has 0 radical (unpaired) electrons. The Morgan fingerprint density at radius 3 is 2.38 bits per heavy atom. The van der Waals surface area contributed by atoms with Crippen LogP contribution in [-0.4, -0.2) is 25.5 Å². The molecule has 0 spiro atoms. The summed E-state index contributed by atoms with van der Waals surface area (Å²) in [6, 6.07) is 11.9. The second-order valence-electron chi connectivity index (χ2n) is 7.12. The van der Waals surface area contributed by atoms with Gasteiger partial charge in [-0.25, -0.2) is 13.8 Å². The minimum atomic E-state index is -4.49. The summed E-state index contributed by atoms with van der Waals surface area (Å²) < 4.78 is 55.1. The maximum absolute atomic E-state index is 13.2. The van der Waals surface area contributed by atoms with Crippen LogP contribution in [0.15, 0.2) is 60.8 Å². The summed E-state index contributed by atoms with van der Waals surface area (Å²) in [5.41, 5.74) is 1.10. The fourth-order valence-corrected chi connectivity index (χ4v) is 3.26. The summed E-state index contributed by atoms with van der Waals surface area (Å²) in [6.07, 6.45) is -3.20. The van der Waals surface area contributed by atoms with Crippen LogP contribution in [-0.2, 0) is 6.18 Å². The Bertz CT molecular complexity index is 1290. The number of nitrogens with one attached hydrogen (secondary N) is 1. The molecular formula is C22H17F4N5O. The van der Waals surface area contributed by atoms with E-state index in [0.29, 0.717) is 22.9 Å². The van der Waals surface area contributed by atoms with E-state index in [-0.39, 0.29) is 11.3 Å². The first kappa shape index (κ1) is 21.3. The molecule has 0 saturated carbocycles. The molecule has 2 aromatic carbocycles. The second kappa shape index (κ2) is 7.95. The first-order chi connectivity index (χ1) is 15.1. The lowest BCUT2D eigenvalue weighted by atomic mass is 10.2. The summed E-state index contributed by atoms with van der Waals surface area (Å²) in [4.78, 5) is 12.9. The maximum Gasteiger partial charge on any atom is 0.416 e. The largest absolute Gasteiger partial charge is 0.416 e. The zero-order chi connectivity index (χ0) is 23.0. The van der Waals surface area contributed by atoms with Crippen molar-refractivity contribution < 1.29 is 22.4 Å². The number of nitrogens with zero attached hydrogens (tertiary/aromatic N) is 4. The lowest BCUT2D eigenvalue weighted by Gasteiger charge is -2.11. The molecule has 164 valence electrons. The first-order valence-electron chi connectivity index (χ1n) is 9.50. The molecule has 1 N–H and O–H groups in total. The molecule has 0 unspecified atom stereocenters. The summed E-state index contributed by atoms with van der Waals surface area (Å²) >= 11 is 0. The van der Waals surface area contributed by atoms with E-state index in [4.69, 9.17) is 0 Å². The van der Waals surface area contributed by atoms with Crippen molar-refractivity contribution in [2.24, 2.45) is 0 Å². The molecule has 6 nitrogen and oxygen atoms in total. The summed E-state index contributed by atoms with van der Waals surface area (Å²) in [7, 11) is 0. The minimum absolute atomic E-state index is 0.184. The van der Waals surface area contributed by atoms with Gasteiger partial charge in [0.1, 0.15) is 11.6 Å². The SMILES string of the molecule is Cc1cc(NC(=O)c2cnn(-c3cccc(C(F)(F)F)c3)c2C)n(-c2ccc(F)cc2)n1. The molecule has 0 aliphatic carbocycles. The third kappa shape index (κ3) is 4.11. The molecule has 10 heteroatoms. The van der Waals surface area contributed by atoms with Crippen LogP contribution in [0.3, 0.4) is 0 Å². The van der Waals surface area contributed by atoms with Crippen LogP contribution in [0.1, 0.15) is 27.3 Å². The molecule has 4 aromatic rings. The van der Waals surface area contributed by atoms with Gasteiger partial charge in [-0.15, -0.1) is 0 Å². The van der Waals surface area contributed by atoms with Crippen LogP contribution in [0.5, 0.6) is 0 Å². The highest BCUT2D eigenvalue weighted by Crippen LogP contribution is 2.30. The Morgan fingerprint density at radius 1 is 0.969 bits per heavy atom. The smallest absolute Gasteiger partial charge is 0.306 e. The first-order valence-corrected chi connectivity index (χ1v) is 9.50. The van der Waals surface area contributed by atoms with Crippen molar-refractivity contribution in [3.8, 4) is 11.4 Å². The van der Waals surface area contributed by atoms with Gasteiger partial charge in [0.05, 0.1) is 40.1 Å². The lowest BCUT2D eigenvalue weighted by molar-refractivity contribution is -0.137. The summed E-state index contributed by atoms with van der Waals surface area (Å²) in [5.74, 6) is -0.560. The van der Waals surface area contributed by atoms with Crippen LogP contribution in [0.25, 0.3) is 11.4 Å². The quantitative estimate of drug-likeness (QED) is 0.447. The number of halogens is 4. The lowest BCUT2D eigenvalue weighted by Crippen LogP contribution is -2.16. The van der Waals surface area contributed by atoms with Crippen molar-refractivity contribution in [3.05, 3.63) is 89.1 Å². The highest BCUT2D eigenvalue weighted by atomic mass is 19.4. The van der Waals surface area contributed by atoms with Crippen LogP contribution in [0.2, 0.25) is 0 Å². The third-order valence-corrected chi connectivity index (χ3v) is 4.82. The van der Waals surface area contributed by atoms with E-state index >= 15 is 0 Å². The number of amides is 1. The van der Waals surface area contributed by atoms with Crippen molar-refractivity contribution in [1.29, 1.82) is 0 Å². The van der Waals surface area contributed by atoms with E-state index in [2.05, 4.69) is 15.5 Å². The Labute approximate surface area is 180 Å². The average molecular weight is 443 g/mol. The number of aromatic nitrogens is 4. The molecule has 0 aliphatic heterocycles.